The first-order valence-corrected chi connectivity index (χ1v) is 12.4. The van der Waals surface area contributed by atoms with Crippen LogP contribution in [0.2, 0.25) is 0 Å². The quantitative estimate of drug-likeness (QED) is 0.388. The van der Waals surface area contributed by atoms with Crippen LogP contribution in [-0.2, 0) is 9.53 Å². The van der Waals surface area contributed by atoms with Crippen LogP contribution in [0.25, 0.3) is 27.7 Å². The fourth-order valence-electron chi connectivity index (χ4n) is 5.10. The van der Waals surface area contributed by atoms with E-state index in [0.29, 0.717) is 19.8 Å². The minimum absolute atomic E-state index is 0.383. The highest BCUT2D eigenvalue weighted by molar-refractivity contribution is 5.81. The van der Waals surface area contributed by atoms with Crippen molar-refractivity contribution in [1.29, 1.82) is 0 Å². The highest BCUT2D eigenvalue weighted by atomic mass is 16.5. The molecule has 1 unspecified atom stereocenters. The molecule has 8 nitrogen and oxygen atoms in total. The summed E-state index contributed by atoms with van der Waals surface area (Å²) in [5, 5.41) is 1.04. The predicted octanol–water partition coefficient (Wildman–Crippen LogP) is 3.82. The molecule has 0 aliphatic carbocycles. The summed E-state index contributed by atoms with van der Waals surface area (Å²) in [7, 11) is 0. The Bertz CT molecular complexity index is 1390. The lowest BCUT2D eigenvalue weighted by Gasteiger charge is -2.32. The normalized spacial score (nSPS) is 17.7. The summed E-state index contributed by atoms with van der Waals surface area (Å²) in [6.07, 6.45) is 11.3. The molecule has 182 valence electrons. The Labute approximate surface area is 209 Å². The maximum absolute atomic E-state index is 12.1. The van der Waals surface area contributed by atoms with Crippen molar-refractivity contribution in [2.75, 3.05) is 44.3 Å². The number of benzene rings is 1. The van der Waals surface area contributed by atoms with E-state index < -0.39 is 0 Å². The summed E-state index contributed by atoms with van der Waals surface area (Å²) in [4.78, 5) is 30.3. The van der Waals surface area contributed by atoms with Crippen molar-refractivity contribution in [2.45, 2.75) is 12.6 Å². The monoisotopic (exact) mass is 480 g/mol. The SMILES string of the molecule is O=CC(N1CC=C(c2ccccc2-c2cnc(N3CCOCC3)nc2)CC1)n1ccc2cccnc21. The van der Waals surface area contributed by atoms with Gasteiger partial charge in [-0.1, -0.05) is 30.3 Å². The molecule has 0 saturated carbocycles. The molecule has 0 bridgehead atoms. The molecule has 0 amide bonds. The lowest BCUT2D eigenvalue weighted by molar-refractivity contribution is -0.115. The van der Waals surface area contributed by atoms with E-state index >= 15 is 0 Å². The summed E-state index contributed by atoms with van der Waals surface area (Å²) < 4.78 is 7.40. The number of ether oxygens (including phenoxy) is 1. The molecule has 4 aromatic rings. The van der Waals surface area contributed by atoms with E-state index in [0.717, 1.165) is 60.4 Å². The van der Waals surface area contributed by atoms with Crippen LogP contribution >= 0.6 is 0 Å². The number of rotatable bonds is 6. The summed E-state index contributed by atoms with van der Waals surface area (Å²) >= 11 is 0. The molecule has 8 heteroatoms. The van der Waals surface area contributed by atoms with Gasteiger partial charge in [0.25, 0.3) is 0 Å². The van der Waals surface area contributed by atoms with Gasteiger partial charge in [-0.25, -0.2) is 15.0 Å². The number of carbonyl (C=O) groups excluding carboxylic acids is 1. The van der Waals surface area contributed by atoms with Gasteiger partial charge in [-0.3, -0.25) is 9.69 Å². The van der Waals surface area contributed by atoms with E-state index in [2.05, 4.69) is 55.1 Å². The minimum atomic E-state index is -0.383. The van der Waals surface area contributed by atoms with Gasteiger partial charge in [0.05, 0.1) is 13.2 Å². The van der Waals surface area contributed by atoms with Gasteiger partial charge in [0.2, 0.25) is 5.95 Å². The van der Waals surface area contributed by atoms with Crippen LogP contribution in [0.3, 0.4) is 0 Å². The first-order chi connectivity index (χ1) is 17.8. The van der Waals surface area contributed by atoms with Crippen molar-refractivity contribution in [3.63, 3.8) is 0 Å². The number of fused-ring (bicyclic) bond motifs is 1. The molecule has 6 rings (SSSR count). The molecule has 2 aliphatic rings. The number of morpholine rings is 1. The summed E-state index contributed by atoms with van der Waals surface area (Å²) in [5.41, 5.74) is 5.42. The van der Waals surface area contributed by atoms with E-state index in [9.17, 15) is 4.79 Å². The van der Waals surface area contributed by atoms with Crippen molar-refractivity contribution in [3.8, 4) is 11.1 Å². The standard InChI is InChI=1S/C28H28N6O2/c35-20-26(34-13-9-22-4-3-10-29-27(22)34)32-11-7-21(8-12-32)24-5-1-2-6-25(24)23-18-30-28(31-19-23)33-14-16-36-17-15-33/h1-7,9-10,13,18-20,26H,8,11-12,14-17H2. The number of aldehydes is 1. The molecule has 36 heavy (non-hydrogen) atoms. The molecule has 0 N–H and O–H groups in total. The maximum atomic E-state index is 12.1. The molecule has 0 radical (unpaired) electrons. The number of nitrogens with zero attached hydrogens (tertiary/aromatic N) is 6. The third-order valence-corrected chi connectivity index (χ3v) is 7.01. The molecule has 0 spiro atoms. The second-order valence-corrected chi connectivity index (χ2v) is 9.08. The van der Waals surface area contributed by atoms with Crippen LogP contribution in [0.15, 0.2) is 73.3 Å². The van der Waals surface area contributed by atoms with Gasteiger partial charge in [0.1, 0.15) is 11.8 Å². The summed E-state index contributed by atoms with van der Waals surface area (Å²) in [6, 6.07) is 14.3. The van der Waals surface area contributed by atoms with Gasteiger partial charge in [0.15, 0.2) is 6.29 Å². The Morgan fingerprint density at radius 2 is 1.72 bits per heavy atom. The Morgan fingerprint density at radius 3 is 2.47 bits per heavy atom. The van der Waals surface area contributed by atoms with E-state index in [1.807, 2.05) is 41.4 Å². The lowest BCUT2D eigenvalue weighted by Crippen LogP contribution is -2.37. The Kier molecular flexibility index (Phi) is 6.27. The van der Waals surface area contributed by atoms with Crippen LogP contribution in [0.4, 0.5) is 5.95 Å². The second-order valence-electron chi connectivity index (χ2n) is 9.08. The van der Waals surface area contributed by atoms with Crippen LogP contribution in [0.1, 0.15) is 18.2 Å². The van der Waals surface area contributed by atoms with Crippen molar-refractivity contribution in [1.82, 2.24) is 24.4 Å². The molecule has 5 heterocycles. The van der Waals surface area contributed by atoms with Crippen LogP contribution in [0.5, 0.6) is 0 Å². The zero-order chi connectivity index (χ0) is 24.3. The van der Waals surface area contributed by atoms with Crippen LogP contribution < -0.4 is 4.90 Å². The molecule has 1 aromatic carbocycles. The Morgan fingerprint density at radius 1 is 0.917 bits per heavy atom. The molecule has 1 saturated heterocycles. The molecule has 1 atom stereocenters. The van der Waals surface area contributed by atoms with E-state index in [4.69, 9.17) is 4.74 Å². The Balaban J connectivity index is 1.23. The van der Waals surface area contributed by atoms with Crippen LogP contribution in [0, 0.1) is 0 Å². The van der Waals surface area contributed by atoms with Crippen molar-refractivity contribution in [2.24, 2.45) is 0 Å². The number of aromatic nitrogens is 4. The number of carbonyl (C=O) groups is 1. The van der Waals surface area contributed by atoms with Gasteiger partial charge in [-0.2, -0.15) is 0 Å². The molecular weight excluding hydrogens is 452 g/mol. The highest BCUT2D eigenvalue weighted by Gasteiger charge is 2.24. The number of anilines is 1. The van der Waals surface area contributed by atoms with Gasteiger partial charge in [-0.05, 0) is 41.3 Å². The molecule has 2 aliphatic heterocycles. The molecular formula is C28H28N6O2. The average Bonchev–Trinajstić information content (AvgIpc) is 3.38. The van der Waals surface area contributed by atoms with Crippen molar-refractivity contribution >= 4 is 28.8 Å². The van der Waals surface area contributed by atoms with Gasteiger partial charge < -0.3 is 14.2 Å². The van der Waals surface area contributed by atoms with Gasteiger partial charge >= 0.3 is 0 Å². The first-order valence-electron chi connectivity index (χ1n) is 12.4. The first kappa shape index (κ1) is 22.6. The van der Waals surface area contributed by atoms with E-state index in [-0.39, 0.29) is 6.17 Å². The van der Waals surface area contributed by atoms with Crippen molar-refractivity contribution < 1.29 is 9.53 Å². The van der Waals surface area contributed by atoms with Crippen LogP contribution in [-0.4, -0.2) is 70.1 Å². The zero-order valence-corrected chi connectivity index (χ0v) is 20.0. The topological polar surface area (TPSA) is 76.4 Å². The van der Waals surface area contributed by atoms with E-state index in [1.54, 1.807) is 6.20 Å². The third-order valence-electron chi connectivity index (χ3n) is 7.01. The molecule has 3 aromatic heterocycles. The lowest BCUT2D eigenvalue weighted by atomic mass is 9.92. The number of hydrogen-bond acceptors (Lipinski definition) is 7. The average molecular weight is 481 g/mol. The second kappa shape index (κ2) is 10.0. The summed E-state index contributed by atoms with van der Waals surface area (Å²) in [6.45, 7) is 4.52. The van der Waals surface area contributed by atoms with Gasteiger partial charge in [0, 0.05) is 61.9 Å². The number of pyridine rings is 1. The smallest absolute Gasteiger partial charge is 0.225 e. The zero-order valence-electron chi connectivity index (χ0n) is 20.0. The largest absolute Gasteiger partial charge is 0.378 e. The fraction of sp³-hybridized carbons (Fsp3) is 0.286. The Hall–Kier alpha value is -3.88. The van der Waals surface area contributed by atoms with E-state index in [1.165, 1.54) is 11.1 Å². The fourth-order valence-corrected chi connectivity index (χ4v) is 5.10. The summed E-state index contributed by atoms with van der Waals surface area (Å²) in [5.74, 6) is 0.749. The third kappa shape index (κ3) is 4.29. The minimum Gasteiger partial charge on any atom is -0.378 e. The highest BCUT2D eigenvalue weighted by Crippen LogP contribution is 2.33. The maximum Gasteiger partial charge on any atom is 0.225 e. The number of hydrogen-bond donors (Lipinski definition) is 0. The predicted molar refractivity (Wildman–Crippen MR) is 140 cm³/mol. The van der Waals surface area contributed by atoms with Crippen molar-refractivity contribution in [3.05, 3.63) is 78.9 Å². The molecule has 1 fully saturated rings. The van der Waals surface area contributed by atoms with Gasteiger partial charge in [-0.15, -0.1) is 0 Å².